The Morgan fingerprint density at radius 3 is 2.71 bits per heavy atom. The predicted octanol–water partition coefficient (Wildman–Crippen LogP) is 2.98. The maximum absolute atomic E-state index is 10.9. The van der Waals surface area contributed by atoms with Gasteiger partial charge in [-0.3, -0.25) is 4.79 Å². The zero-order chi connectivity index (χ0) is 15.1. The van der Waals surface area contributed by atoms with E-state index in [1.165, 1.54) is 0 Å². The number of ether oxygens (including phenoxy) is 1. The molecule has 0 aromatic heterocycles. The molecule has 0 atom stereocenters. The normalized spacial score (nSPS) is 21.7. The van der Waals surface area contributed by atoms with E-state index in [2.05, 4.69) is 11.9 Å². The summed E-state index contributed by atoms with van der Waals surface area (Å²) in [5, 5.41) is 12.5. The van der Waals surface area contributed by atoms with Crippen molar-refractivity contribution in [2.45, 2.75) is 38.3 Å². The Morgan fingerprint density at radius 2 is 2.05 bits per heavy atom. The van der Waals surface area contributed by atoms with Crippen LogP contribution in [0.4, 0.5) is 0 Å². The summed E-state index contributed by atoms with van der Waals surface area (Å²) < 4.78 is 5.64. The monoisotopic (exact) mass is 289 g/mol. The number of hydrogen-bond donors (Lipinski definition) is 2. The molecular weight excluding hydrogens is 266 g/mol. The second kappa shape index (κ2) is 7.84. The van der Waals surface area contributed by atoms with Crippen LogP contribution >= 0.6 is 0 Å². The van der Waals surface area contributed by atoms with Crippen molar-refractivity contribution in [1.29, 1.82) is 0 Å². The summed E-state index contributed by atoms with van der Waals surface area (Å²) in [4.78, 5) is 10.9. The van der Waals surface area contributed by atoms with Gasteiger partial charge in [-0.1, -0.05) is 30.9 Å². The van der Waals surface area contributed by atoms with Gasteiger partial charge in [-0.15, -0.1) is 0 Å². The van der Waals surface area contributed by atoms with Crippen molar-refractivity contribution in [3.63, 3.8) is 0 Å². The van der Waals surface area contributed by atoms with Crippen LogP contribution in [0.5, 0.6) is 5.75 Å². The molecule has 2 rings (SSSR count). The van der Waals surface area contributed by atoms with Crippen LogP contribution in [0.15, 0.2) is 36.9 Å². The van der Waals surface area contributed by atoms with Gasteiger partial charge in [-0.05, 0) is 31.7 Å². The molecule has 1 aromatic carbocycles. The first-order valence-electron chi connectivity index (χ1n) is 7.48. The van der Waals surface area contributed by atoms with Gasteiger partial charge >= 0.3 is 5.97 Å². The van der Waals surface area contributed by atoms with Crippen molar-refractivity contribution < 1.29 is 14.6 Å². The maximum atomic E-state index is 10.9. The highest BCUT2D eigenvalue weighted by Gasteiger charge is 2.25. The molecule has 0 aliphatic heterocycles. The van der Waals surface area contributed by atoms with Gasteiger partial charge in [0.05, 0.1) is 5.92 Å². The first-order chi connectivity index (χ1) is 10.2. The molecule has 2 N–H and O–H groups in total. The van der Waals surface area contributed by atoms with E-state index < -0.39 is 5.97 Å². The highest BCUT2D eigenvalue weighted by Crippen LogP contribution is 2.25. The summed E-state index contributed by atoms with van der Waals surface area (Å²) in [6.07, 6.45) is 5.11. The van der Waals surface area contributed by atoms with Crippen molar-refractivity contribution in [3.8, 4) is 5.75 Å². The molecule has 4 nitrogen and oxygen atoms in total. The molecule has 0 spiro atoms. The Bertz CT molecular complexity index is 479. The van der Waals surface area contributed by atoms with Crippen LogP contribution in [-0.4, -0.2) is 23.7 Å². The van der Waals surface area contributed by atoms with Crippen LogP contribution in [-0.2, 0) is 11.3 Å². The minimum atomic E-state index is -0.656. The van der Waals surface area contributed by atoms with Crippen molar-refractivity contribution >= 4 is 5.97 Å². The van der Waals surface area contributed by atoms with Crippen LogP contribution in [0, 0.1) is 5.92 Å². The van der Waals surface area contributed by atoms with E-state index in [1.807, 2.05) is 24.3 Å². The summed E-state index contributed by atoms with van der Waals surface area (Å²) in [6.45, 7) is 4.90. The lowest BCUT2D eigenvalue weighted by molar-refractivity contribution is -0.142. The molecule has 1 aliphatic carbocycles. The molecule has 1 aliphatic rings. The lowest BCUT2D eigenvalue weighted by Crippen LogP contribution is -2.34. The average molecular weight is 289 g/mol. The molecule has 1 saturated carbocycles. The quantitative estimate of drug-likeness (QED) is 0.758. The third-order valence-corrected chi connectivity index (χ3v) is 3.99. The van der Waals surface area contributed by atoms with E-state index in [9.17, 15) is 4.79 Å². The molecule has 1 fully saturated rings. The Morgan fingerprint density at radius 1 is 1.33 bits per heavy atom. The number of carboxylic acids is 1. The van der Waals surface area contributed by atoms with E-state index in [4.69, 9.17) is 9.84 Å². The Hall–Kier alpha value is -1.81. The van der Waals surface area contributed by atoms with Gasteiger partial charge < -0.3 is 15.2 Å². The molecule has 114 valence electrons. The third-order valence-electron chi connectivity index (χ3n) is 3.99. The van der Waals surface area contributed by atoms with Gasteiger partial charge in [0.2, 0.25) is 0 Å². The SMILES string of the molecule is C=CCOc1ccccc1CNC1CCC(C(=O)O)CC1. The van der Waals surface area contributed by atoms with Gasteiger partial charge in [-0.2, -0.15) is 0 Å². The summed E-state index contributed by atoms with van der Waals surface area (Å²) in [7, 11) is 0. The number of carboxylic acid groups (broad SMARTS) is 1. The Kier molecular flexibility index (Phi) is 5.81. The number of carbonyl (C=O) groups is 1. The Labute approximate surface area is 125 Å². The summed E-state index contributed by atoms with van der Waals surface area (Å²) in [5.74, 6) is 0.0620. The molecule has 0 bridgehead atoms. The first kappa shape index (κ1) is 15.6. The van der Waals surface area contributed by atoms with Crippen molar-refractivity contribution in [1.82, 2.24) is 5.32 Å². The molecule has 21 heavy (non-hydrogen) atoms. The number of benzene rings is 1. The smallest absolute Gasteiger partial charge is 0.306 e. The molecule has 0 radical (unpaired) electrons. The van der Waals surface area contributed by atoms with Crippen LogP contribution in [0.1, 0.15) is 31.2 Å². The minimum Gasteiger partial charge on any atom is -0.489 e. The van der Waals surface area contributed by atoms with Crippen molar-refractivity contribution in [2.75, 3.05) is 6.61 Å². The number of aliphatic carboxylic acids is 1. The lowest BCUT2D eigenvalue weighted by Gasteiger charge is -2.27. The number of rotatable bonds is 7. The van der Waals surface area contributed by atoms with Crippen LogP contribution in [0.2, 0.25) is 0 Å². The topological polar surface area (TPSA) is 58.6 Å². The average Bonchev–Trinajstić information content (AvgIpc) is 2.52. The van der Waals surface area contributed by atoms with Crippen LogP contribution in [0.25, 0.3) is 0 Å². The number of nitrogens with one attached hydrogen (secondary N) is 1. The molecule has 1 aromatic rings. The highest BCUT2D eigenvalue weighted by molar-refractivity contribution is 5.70. The van der Waals surface area contributed by atoms with Crippen molar-refractivity contribution in [2.24, 2.45) is 5.92 Å². The molecule has 0 unspecified atom stereocenters. The van der Waals surface area contributed by atoms with E-state index in [0.29, 0.717) is 12.6 Å². The molecule has 4 heteroatoms. The second-order valence-corrected chi connectivity index (χ2v) is 5.48. The fourth-order valence-corrected chi connectivity index (χ4v) is 2.74. The molecule has 0 heterocycles. The largest absolute Gasteiger partial charge is 0.489 e. The zero-order valence-corrected chi connectivity index (χ0v) is 12.3. The third kappa shape index (κ3) is 4.60. The van der Waals surface area contributed by atoms with Crippen LogP contribution in [0.3, 0.4) is 0 Å². The van der Waals surface area contributed by atoms with E-state index >= 15 is 0 Å². The van der Waals surface area contributed by atoms with Gasteiger partial charge in [-0.25, -0.2) is 0 Å². The minimum absolute atomic E-state index is 0.161. The standard InChI is InChI=1S/C17H23NO3/c1-2-11-21-16-6-4-3-5-14(16)12-18-15-9-7-13(8-10-15)17(19)20/h2-6,13,15,18H,1,7-12H2,(H,19,20). The van der Waals surface area contributed by atoms with Gasteiger partial charge in [0.15, 0.2) is 0 Å². The van der Waals surface area contributed by atoms with E-state index in [-0.39, 0.29) is 5.92 Å². The van der Waals surface area contributed by atoms with E-state index in [1.54, 1.807) is 6.08 Å². The lowest BCUT2D eigenvalue weighted by atomic mass is 9.86. The predicted molar refractivity (Wildman–Crippen MR) is 82.4 cm³/mol. The molecular formula is C17H23NO3. The van der Waals surface area contributed by atoms with Crippen LogP contribution < -0.4 is 10.1 Å². The Balaban J connectivity index is 1.83. The van der Waals surface area contributed by atoms with Crippen molar-refractivity contribution in [3.05, 3.63) is 42.5 Å². The fourth-order valence-electron chi connectivity index (χ4n) is 2.74. The fraction of sp³-hybridized carbons (Fsp3) is 0.471. The maximum Gasteiger partial charge on any atom is 0.306 e. The number of para-hydroxylation sites is 1. The summed E-state index contributed by atoms with van der Waals surface area (Å²) >= 11 is 0. The van der Waals surface area contributed by atoms with Gasteiger partial charge in [0, 0.05) is 18.2 Å². The second-order valence-electron chi connectivity index (χ2n) is 5.48. The number of hydrogen-bond acceptors (Lipinski definition) is 3. The van der Waals surface area contributed by atoms with E-state index in [0.717, 1.165) is 43.5 Å². The van der Waals surface area contributed by atoms with Gasteiger partial charge in [0.1, 0.15) is 12.4 Å². The highest BCUT2D eigenvalue weighted by atomic mass is 16.5. The first-order valence-corrected chi connectivity index (χ1v) is 7.48. The summed E-state index contributed by atoms with van der Waals surface area (Å²) in [5.41, 5.74) is 1.12. The molecule has 0 saturated heterocycles. The summed E-state index contributed by atoms with van der Waals surface area (Å²) in [6, 6.07) is 8.36. The van der Waals surface area contributed by atoms with Gasteiger partial charge in [0.25, 0.3) is 0 Å². The zero-order valence-electron chi connectivity index (χ0n) is 12.3. The molecule has 0 amide bonds.